The van der Waals surface area contributed by atoms with Crippen molar-refractivity contribution in [2.24, 2.45) is 10.6 Å². The number of hydrogen-bond acceptors (Lipinski definition) is 5. The summed E-state index contributed by atoms with van der Waals surface area (Å²) in [7, 11) is 0. The second kappa shape index (κ2) is 8.17. The van der Waals surface area contributed by atoms with Crippen molar-refractivity contribution in [3.63, 3.8) is 0 Å². The summed E-state index contributed by atoms with van der Waals surface area (Å²) in [6.45, 7) is 11.1. The molecule has 5 heteroatoms. The average molecular weight is 406 g/mol. The second-order valence-corrected chi connectivity index (χ2v) is 10.3. The molecule has 1 aliphatic carbocycles. The third-order valence-electron chi connectivity index (χ3n) is 6.51. The Morgan fingerprint density at radius 1 is 1.36 bits per heavy atom. The molecule has 156 valence electrons. The molecule has 3 rings (SSSR count). The minimum absolute atomic E-state index is 0.0623. The molecule has 2 aliphatic rings. The molecule has 2 unspecified atom stereocenters. The number of benzene rings is 1. The van der Waals surface area contributed by atoms with Gasteiger partial charge in [0.25, 0.3) is 0 Å². The van der Waals surface area contributed by atoms with Gasteiger partial charge < -0.3 is 14.7 Å². The molecule has 0 amide bonds. The highest BCUT2D eigenvalue weighted by molar-refractivity contribution is 7.98. The summed E-state index contributed by atoms with van der Waals surface area (Å²) in [4.78, 5) is 0. The van der Waals surface area contributed by atoms with Gasteiger partial charge in [-0.3, -0.25) is 0 Å². The molecule has 1 aromatic carbocycles. The Morgan fingerprint density at radius 3 is 2.75 bits per heavy atom. The van der Waals surface area contributed by atoms with E-state index < -0.39 is 0 Å². The number of unbranched alkanes of at least 4 members (excludes halogenated alkanes) is 1. The molecule has 1 fully saturated rings. The van der Waals surface area contributed by atoms with Crippen molar-refractivity contribution in [3.8, 4) is 11.5 Å². The molecule has 0 bridgehead atoms. The number of fused-ring (bicyclic) bond motifs is 3. The van der Waals surface area contributed by atoms with Crippen molar-refractivity contribution in [2.45, 2.75) is 84.2 Å². The van der Waals surface area contributed by atoms with E-state index in [4.69, 9.17) is 9.47 Å². The van der Waals surface area contributed by atoms with Gasteiger partial charge in [0.2, 0.25) is 0 Å². The first-order valence-corrected chi connectivity index (χ1v) is 11.8. The first-order valence-electron chi connectivity index (χ1n) is 10.4. The van der Waals surface area contributed by atoms with Crippen molar-refractivity contribution in [3.05, 3.63) is 23.3 Å². The number of rotatable bonds is 7. The zero-order valence-corrected chi connectivity index (χ0v) is 19.0. The van der Waals surface area contributed by atoms with E-state index in [1.54, 1.807) is 11.8 Å². The highest BCUT2D eigenvalue weighted by Crippen LogP contribution is 2.53. The lowest BCUT2D eigenvalue weighted by atomic mass is 9.68. The molecule has 0 spiro atoms. The molecule has 2 atom stereocenters. The lowest BCUT2D eigenvalue weighted by Crippen LogP contribution is -2.44. The average Bonchev–Trinajstić information content (AvgIpc) is 3.02. The smallest absolute Gasteiger partial charge is 0.148 e. The van der Waals surface area contributed by atoms with Crippen LogP contribution in [0.15, 0.2) is 17.3 Å². The quantitative estimate of drug-likeness (QED) is 0.326. The molecule has 1 heterocycles. The fourth-order valence-corrected chi connectivity index (χ4v) is 4.84. The van der Waals surface area contributed by atoms with Crippen LogP contribution < -0.4 is 9.47 Å². The van der Waals surface area contributed by atoms with Gasteiger partial charge in [-0.15, -0.1) is 11.8 Å². The maximum atomic E-state index is 9.72. The van der Waals surface area contributed by atoms with Crippen LogP contribution in [0.1, 0.15) is 83.8 Å². The molecule has 0 aromatic heterocycles. The van der Waals surface area contributed by atoms with Gasteiger partial charge in [-0.05, 0) is 48.6 Å². The fourth-order valence-electron chi connectivity index (χ4n) is 4.59. The molecule has 4 nitrogen and oxygen atoms in total. The lowest BCUT2D eigenvalue weighted by Gasteiger charge is -2.37. The minimum atomic E-state index is -0.200. The summed E-state index contributed by atoms with van der Waals surface area (Å²) in [6, 6.07) is 4.43. The van der Waals surface area contributed by atoms with Crippen molar-refractivity contribution < 1.29 is 14.7 Å². The molecule has 1 aliphatic heterocycles. The van der Waals surface area contributed by atoms with Crippen LogP contribution in [0.25, 0.3) is 0 Å². The summed E-state index contributed by atoms with van der Waals surface area (Å²) in [5.74, 6) is 2.66. The van der Waals surface area contributed by atoms with Crippen molar-refractivity contribution in [2.75, 3.05) is 12.2 Å². The zero-order valence-electron chi connectivity index (χ0n) is 18.2. The molecule has 1 saturated carbocycles. The molecular formula is C23H35NO3S. The van der Waals surface area contributed by atoms with Crippen LogP contribution >= 0.6 is 11.8 Å². The van der Waals surface area contributed by atoms with Gasteiger partial charge in [0.05, 0.1) is 0 Å². The van der Waals surface area contributed by atoms with Crippen LogP contribution in [0.4, 0.5) is 0 Å². The predicted octanol–water partition coefficient (Wildman–Crippen LogP) is 6.35. The van der Waals surface area contributed by atoms with Crippen LogP contribution in [0.2, 0.25) is 0 Å². The molecular weight excluding hydrogens is 370 g/mol. The Bertz CT molecular complexity index is 742. The van der Waals surface area contributed by atoms with Crippen LogP contribution in [-0.4, -0.2) is 29.2 Å². The fraction of sp³-hybridized carbons (Fsp3) is 0.696. The van der Waals surface area contributed by atoms with Gasteiger partial charge in [-0.2, -0.15) is 0 Å². The number of oxime groups is 1. The standard InChI is InChI=1S/C23H35NO3S/c1-7-8-10-22(2,3)15-12-17(26-14-28-6)19-16-9-11-23(4,5)21(24-25)20(16)27-18(19)13-15/h12-13,16,20,25H,7-11,14H2,1-6H3. The first-order chi connectivity index (χ1) is 13.2. The van der Waals surface area contributed by atoms with Crippen LogP contribution in [0, 0.1) is 5.41 Å². The van der Waals surface area contributed by atoms with Gasteiger partial charge in [0.15, 0.2) is 0 Å². The summed E-state index contributed by atoms with van der Waals surface area (Å²) < 4.78 is 12.6. The SMILES string of the molecule is CCCCC(C)(C)c1cc(OCSC)c2c(c1)OC1C(=NO)C(C)(C)CCC21. The van der Waals surface area contributed by atoms with Crippen molar-refractivity contribution in [1.82, 2.24) is 0 Å². The number of hydrogen-bond donors (Lipinski definition) is 1. The van der Waals surface area contributed by atoms with Crippen molar-refractivity contribution in [1.29, 1.82) is 0 Å². The van der Waals surface area contributed by atoms with Gasteiger partial charge >= 0.3 is 0 Å². The maximum absolute atomic E-state index is 9.72. The van der Waals surface area contributed by atoms with Crippen LogP contribution in [0.5, 0.6) is 11.5 Å². The Kier molecular flexibility index (Phi) is 6.23. The van der Waals surface area contributed by atoms with Crippen molar-refractivity contribution >= 4 is 17.5 Å². The second-order valence-electron chi connectivity index (χ2n) is 9.48. The Hall–Kier alpha value is -1.36. The van der Waals surface area contributed by atoms with Gasteiger partial charge in [-0.25, -0.2) is 0 Å². The largest absolute Gasteiger partial charge is 0.483 e. The van der Waals surface area contributed by atoms with E-state index in [-0.39, 0.29) is 22.9 Å². The summed E-state index contributed by atoms with van der Waals surface area (Å²) in [5.41, 5.74) is 3.08. The Balaban J connectivity index is 2.03. The normalized spacial score (nSPS) is 24.6. The monoisotopic (exact) mass is 405 g/mol. The summed E-state index contributed by atoms with van der Waals surface area (Å²) in [5, 5.41) is 13.4. The van der Waals surface area contributed by atoms with Gasteiger partial charge in [0.1, 0.15) is 29.3 Å². The van der Waals surface area contributed by atoms with E-state index in [0.717, 1.165) is 42.0 Å². The van der Waals surface area contributed by atoms with Crippen LogP contribution in [-0.2, 0) is 5.41 Å². The molecule has 1 N–H and O–H groups in total. The Morgan fingerprint density at radius 2 is 2.11 bits per heavy atom. The van der Waals surface area contributed by atoms with Gasteiger partial charge in [0, 0.05) is 16.9 Å². The third kappa shape index (κ3) is 3.87. The highest BCUT2D eigenvalue weighted by Gasteiger charge is 2.49. The van der Waals surface area contributed by atoms with E-state index in [0.29, 0.717) is 5.94 Å². The van der Waals surface area contributed by atoms with E-state index in [1.807, 2.05) is 6.26 Å². The lowest BCUT2D eigenvalue weighted by molar-refractivity contribution is 0.201. The topological polar surface area (TPSA) is 51.0 Å². The summed E-state index contributed by atoms with van der Waals surface area (Å²) >= 11 is 1.68. The molecule has 28 heavy (non-hydrogen) atoms. The maximum Gasteiger partial charge on any atom is 0.148 e. The Labute approximate surface area is 174 Å². The first kappa shape index (κ1) is 21.4. The highest BCUT2D eigenvalue weighted by atomic mass is 32.2. The van der Waals surface area contributed by atoms with E-state index >= 15 is 0 Å². The molecule has 0 radical (unpaired) electrons. The van der Waals surface area contributed by atoms with E-state index in [9.17, 15) is 5.21 Å². The van der Waals surface area contributed by atoms with E-state index in [2.05, 4.69) is 51.9 Å². The number of ether oxygens (including phenoxy) is 2. The molecule has 1 aromatic rings. The minimum Gasteiger partial charge on any atom is -0.483 e. The van der Waals surface area contributed by atoms with Gasteiger partial charge in [-0.1, -0.05) is 52.6 Å². The van der Waals surface area contributed by atoms with E-state index in [1.165, 1.54) is 18.4 Å². The predicted molar refractivity (Wildman–Crippen MR) is 117 cm³/mol. The van der Waals surface area contributed by atoms with Crippen LogP contribution in [0.3, 0.4) is 0 Å². The third-order valence-corrected chi connectivity index (χ3v) is 6.87. The number of thioether (sulfide) groups is 1. The summed E-state index contributed by atoms with van der Waals surface area (Å²) in [6.07, 6.45) is 7.36. The zero-order chi connectivity index (χ0) is 20.5. The number of nitrogens with zero attached hydrogens (tertiary/aromatic N) is 1. The molecule has 0 saturated heterocycles.